The maximum atomic E-state index is 12.8. The van der Waals surface area contributed by atoms with E-state index in [0.29, 0.717) is 32.0 Å². The molecule has 6 nitrogen and oxygen atoms in total. The number of para-hydroxylation sites is 1. The maximum Gasteiger partial charge on any atom is 0.257 e. The van der Waals surface area contributed by atoms with Gasteiger partial charge in [-0.1, -0.05) is 40.9 Å². The van der Waals surface area contributed by atoms with Crippen LogP contribution in [0.4, 0.5) is 5.69 Å². The van der Waals surface area contributed by atoms with Gasteiger partial charge in [-0.2, -0.15) is 5.10 Å². The van der Waals surface area contributed by atoms with Gasteiger partial charge in [0.05, 0.1) is 45.4 Å². The molecule has 1 heterocycles. The van der Waals surface area contributed by atoms with Crippen molar-refractivity contribution in [3.05, 3.63) is 75.0 Å². The average molecular weight is 452 g/mol. The predicted molar refractivity (Wildman–Crippen MR) is 115 cm³/mol. The SMILES string of the molecule is Cc1c(C(=O)N(C)CC(=O)Nc2c(Cl)cccc2Cl)cnn1-c1ccc(Cl)cc1. The van der Waals surface area contributed by atoms with Gasteiger partial charge in [0.1, 0.15) is 0 Å². The lowest BCUT2D eigenvalue weighted by molar-refractivity contribution is -0.116. The Labute approximate surface area is 183 Å². The summed E-state index contributed by atoms with van der Waals surface area (Å²) in [6.07, 6.45) is 1.48. The molecule has 0 aliphatic rings. The smallest absolute Gasteiger partial charge is 0.257 e. The fourth-order valence-corrected chi connectivity index (χ4v) is 3.37. The first-order valence-corrected chi connectivity index (χ1v) is 9.71. The van der Waals surface area contributed by atoms with Crippen LogP contribution in [0.15, 0.2) is 48.7 Å². The number of nitrogens with one attached hydrogen (secondary N) is 1. The van der Waals surface area contributed by atoms with Crippen molar-refractivity contribution in [1.82, 2.24) is 14.7 Å². The summed E-state index contributed by atoms with van der Waals surface area (Å²) in [7, 11) is 1.54. The standard InChI is InChI=1S/C20H17Cl3N4O2/c1-12-15(10-24-27(12)14-8-6-13(21)7-9-14)20(29)26(2)11-18(28)25-19-16(22)4-3-5-17(19)23/h3-10H,11H2,1-2H3,(H,25,28). The van der Waals surface area contributed by atoms with Gasteiger partial charge in [0.2, 0.25) is 5.91 Å². The molecule has 0 fully saturated rings. The van der Waals surface area contributed by atoms with Gasteiger partial charge in [0, 0.05) is 12.1 Å². The summed E-state index contributed by atoms with van der Waals surface area (Å²) in [6, 6.07) is 12.0. The number of carbonyl (C=O) groups excluding carboxylic acids is 2. The lowest BCUT2D eigenvalue weighted by Crippen LogP contribution is -2.35. The van der Waals surface area contributed by atoms with Crippen LogP contribution >= 0.6 is 34.8 Å². The normalized spacial score (nSPS) is 10.7. The third kappa shape index (κ3) is 4.72. The summed E-state index contributed by atoms with van der Waals surface area (Å²) in [4.78, 5) is 26.5. The van der Waals surface area contributed by atoms with Gasteiger partial charge < -0.3 is 10.2 Å². The van der Waals surface area contributed by atoms with Crippen molar-refractivity contribution in [2.45, 2.75) is 6.92 Å². The molecular weight excluding hydrogens is 435 g/mol. The zero-order valence-corrected chi connectivity index (χ0v) is 17.9. The molecule has 150 valence electrons. The Morgan fingerprint density at radius 2 is 1.69 bits per heavy atom. The van der Waals surface area contributed by atoms with Gasteiger partial charge >= 0.3 is 0 Å². The number of hydrogen-bond donors (Lipinski definition) is 1. The van der Waals surface area contributed by atoms with Crippen LogP contribution in [0.25, 0.3) is 5.69 Å². The first kappa shape index (κ1) is 21.2. The van der Waals surface area contributed by atoms with Crippen molar-refractivity contribution in [1.29, 1.82) is 0 Å². The van der Waals surface area contributed by atoms with Gasteiger partial charge in [-0.05, 0) is 43.3 Å². The molecule has 0 saturated carbocycles. The monoisotopic (exact) mass is 450 g/mol. The second-order valence-electron chi connectivity index (χ2n) is 6.34. The summed E-state index contributed by atoms with van der Waals surface area (Å²) in [5.41, 5.74) is 2.14. The highest BCUT2D eigenvalue weighted by Gasteiger charge is 2.21. The van der Waals surface area contributed by atoms with Crippen LogP contribution in [0, 0.1) is 6.92 Å². The second kappa shape index (κ2) is 8.86. The minimum atomic E-state index is -0.418. The Balaban J connectivity index is 1.72. The van der Waals surface area contributed by atoms with Gasteiger partial charge in [0.25, 0.3) is 5.91 Å². The quantitative estimate of drug-likeness (QED) is 0.603. The van der Waals surface area contributed by atoms with Gasteiger partial charge in [0.15, 0.2) is 0 Å². The van der Waals surface area contributed by atoms with Crippen LogP contribution in [-0.2, 0) is 4.79 Å². The topological polar surface area (TPSA) is 67.2 Å². The molecule has 3 rings (SSSR count). The van der Waals surface area contributed by atoms with E-state index in [1.807, 2.05) is 0 Å². The van der Waals surface area contributed by atoms with E-state index in [9.17, 15) is 9.59 Å². The maximum absolute atomic E-state index is 12.8. The third-order valence-corrected chi connectivity index (χ3v) is 5.15. The molecule has 29 heavy (non-hydrogen) atoms. The van der Waals surface area contributed by atoms with Gasteiger partial charge in [-0.25, -0.2) is 4.68 Å². The molecule has 1 aromatic heterocycles. The number of halogens is 3. The highest BCUT2D eigenvalue weighted by Crippen LogP contribution is 2.29. The molecule has 0 aliphatic carbocycles. The van der Waals surface area contributed by atoms with Crippen LogP contribution in [0.1, 0.15) is 16.1 Å². The summed E-state index contributed by atoms with van der Waals surface area (Å²) in [5.74, 6) is -0.748. The number of likely N-dealkylation sites (N-methyl/N-ethyl adjacent to an activating group) is 1. The fourth-order valence-electron chi connectivity index (χ4n) is 2.75. The van der Waals surface area contributed by atoms with E-state index in [-0.39, 0.29) is 12.5 Å². The van der Waals surface area contributed by atoms with Crippen LogP contribution in [0.2, 0.25) is 15.1 Å². The van der Waals surface area contributed by atoms with Crippen molar-refractivity contribution in [2.75, 3.05) is 18.9 Å². The van der Waals surface area contributed by atoms with E-state index in [1.54, 1.807) is 54.1 Å². The molecule has 9 heteroatoms. The third-order valence-electron chi connectivity index (χ3n) is 4.27. The molecule has 0 unspecified atom stereocenters. The molecule has 2 aromatic carbocycles. The zero-order chi connectivity index (χ0) is 21.1. The van der Waals surface area contributed by atoms with Crippen molar-refractivity contribution in [3.63, 3.8) is 0 Å². The Morgan fingerprint density at radius 1 is 1.07 bits per heavy atom. The summed E-state index contributed by atoms with van der Waals surface area (Å²) < 4.78 is 1.64. The van der Waals surface area contributed by atoms with Crippen LogP contribution in [0.3, 0.4) is 0 Å². The van der Waals surface area contributed by atoms with Crippen molar-refractivity contribution >= 4 is 52.3 Å². The minimum Gasteiger partial charge on any atom is -0.332 e. The summed E-state index contributed by atoms with van der Waals surface area (Å²) >= 11 is 18.0. The number of benzene rings is 2. The second-order valence-corrected chi connectivity index (χ2v) is 7.59. The Hall–Kier alpha value is -2.54. The zero-order valence-electron chi connectivity index (χ0n) is 15.6. The Morgan fingerprint density at radius 3 is 2.31 bits per heavy atom. The average Bonchev–Trinajstić information content (AvgIpc) is 3.06. The number of carbonyl (C=O) groups is 2. The van der Waals surface area contributed by atoms with Gasteiger partial charge in [-0.3, -0.25) is 9.59 Å². The first-order chi connectivity index (χ1) is 13.8. The Bertz CT molecular complexity index is 1040. The number of amides is 2. The number of anilines is 1. The number of hydrogen-bond acceptors (Lipinski definition) is 3. The lowest BCUT2D eigenvalue weighted by atomic mass is 10.2. The van der Waals surface area contributed by atoms with Crippen LogP contribution < -0.4 is 5.32 Å². The molecular formula is C20H17Cl3N4O2. The molecule has 0 aliphatic heterocycles. The van der Waals surface area contributed by atoms with E-state index < -0.39 is 5.91 Å². The molecule has 1 N–H and O–H groups in total. The minimum absolute atomic E-state index is 0.175. The van der Waals surface area contributed by atoms with E-state index in [0.717, 1.165) is 5.69 Å². The highest BCUT2D eigenvalue weighted by atomic mass is 35.5. The van der Waals surface area contributed by atoms with E-state index >= 15 is 0 Å². The van der Waals surface area contributed by atoms with Crippen LogP contribution in [0.5, 0.6) is 0 Å². The largest absolute Gasteiger partial charge is 0.332 e. The molecule has 0 atom stereocenters. The van der Waals surface area contributed by atoms with Crippen molar-refractivity contribution in [3.8, 4) is 5.69 Å². The fraction of sp³-hybridized carbons (Fsp3) is 0.150. The lowest BCUT2D eigenvalue weighted by Gasteiger charge is -2.17. The number of aromatic nitrogens is 2. The molecule has 0 saturated heterocycles. The van der Waals surface area contributed by atoms with Crippen molar-refractivity contribution < 1.29 is 9.59 Å². The van der Waals surface area contributed by atoms with E-state index in [2.05, 4.69) is 10.4 Å². The summed E-state index contributed by atoms with van der Waals surface area (Å²) in [6.45, 7) is 1.61. The first-order valence-electron chi connectivity index (χ1n) is 8.58. The van der Waals surface area contributed by atoms with Gasteiger partial charge in [-0.15, -0.1) is 0 Å². The van der Waals surface area contributed by atoms with E-state index in [1.165, 1.54) is 18.1 Å². The molecule has 0 bridgehead atoms. The number of rotatable bonds is 5. The highest BCUT2D eigenvalue weighted by molar-refractivity contribution is 6.39. The number of nitrogens with zero attached hydrogens (tertiary/aromatic N) is 3. The van der Waals surface area contributed by atoms with Crippen LogP contribution in [-0.4, -0.2) is 40.1 Å². The molecule has 2 amide bonds. The molecule has 0 radical (unpaired) electrons. The summed E-state index contributed by atoms with van der Waals surface area (Å²) in [5, 5.41) is 8.17. The molecule has 0 spiro atoms. The Kier molecular flexibility index (Phi) is 6.47. The molecule has 3 aromatic rings. The predicted octanol–water partition coefficient (Wildman–Crippen LogP) is 4.85. The van der Waals surface area contributed by atoms with E-state index in [4.69, 9.17) is 34.8 Å². The van der Waals surface area contributed by atoms with Crippen molar-refractivity contribution in [2.24, 2.45) is 0 Å².